The Labute approximate surface area is 84.9 Å². The molecule has 0 bridgehead atoms. The van der Waals surface area contributed by atoms with Gasteiger partial charge in [0.15, 0.2) is 0 Å². The van der Waals surface area contributed by atoms with Gasteiger partial charge in [-0.25, -0.2) is 4.98 Å². The Hall–Kier alpha value is -0.870. The zero-order valence-corrected chi connectivity index (χ0v) is 8.90. The van der Waals surface area contributed by atoms with Gasteiger partial charge in [-0.2, -0.15) is 0 Å². The van der Waals surface area contributed by atoms with E-state index in [9.17, 15) is 0 Å². The Morgan fingerprint density at radius 2 is 2.50 bits per heavy atom. The first kappa shape index (κ1) is 9.68. The van der Waals surface area contributed by atoms with E-state index in [1.54, 1.807) is 0 Å². The van der Waals surface area contributed by atoms with Gasteiger partial charge in [-0.15, -0.1) is 0 Å². The Morgan fingerprint density at radius 1 is 1.64 bits per heavy atom. The molecular formula is C10H18N4. The molecule has 0 amide bonds. The molecule has 2 heterocycles. The molecule has 1 atom stereocenters. The number of rotatable bonds is 2. The number of aryl methyl sites for hydroxylation is 1. The number of hydrogen-bond donors (Lipinski definition) is 1. The summed E-state index contributed by atoms with van der Waals surface area (Å²) in [5.41, 5.74) is 0. The molecule has 1 aromatic rings. The molecule has 1 N–H and O–H groups in total. The van der Waals surface area contributed by atoms with Gasteiger partial charge in [0.25, 0.3) is 0 Å². The quantitative estimate of drug-likeness (QED) is 0.731. The van der Waals surface area contributed by atoms with Crippen molar-refractivity contribution in [2.24, 2.45) is 7.05 Å². The highest BCUT2D eigenvalue weighted by molar-refractivity contribution is 4.92. The van der Waals surface area contributed by atoms with Crippen molar-refractivity contribution in [3.8, 4) is 0 Å². The van der Waals surface area contributed by atoms with E-state index in [1.165, 1.54) is 0 Å². The average molecular weight is 194 g/mol. The van der Waals surface area contributed by atoms with E-state index >= 15 is 0 Å². The van der Waals surface area contributed by atoms with Crippen molar-refractivity contribution < 1.29 is 0 Å². The van der Waals surface area contributed by atoms with E-state index in [4.69, 9.17) is 0 Å². The second kappa shape index (κ2) is 4.11. The van der Waals surface area contributed by atoms with Crippen LogP contribution in [0.25, 0.3) is 0 Å². The summed E-state index contributed by atoms with van der Waals surface area (Å²) in [7, 11) is 2.05. The lowest BCUT2D eigenvalue weighted by Crippen LogP contribution is -2.49. The lowest BCUT2D eigenvalue weighted by Gasteiger charge is -2.33. The molecule has 0 aliphatic carbocycles. The SMILES string of the molecule is C[C@H]1CNCCN1Cc1nccn1C. The first-order valence-corrected chi connectivity index (χ1v) is 5.18. The van der Waals surface area contributed by atoms with Gasteiger partial charge in [0.2, 0.25) is 0 Å². The molecule has 4 heteroatoms. The largest absolute Gasteiger partial charge is 0.337 e. The van der Waals surface area contributed by atoms with Gasteiger partial charge in [-0.3, -0.25) is 4.90 Å². The van der Waals surface area contributed by atoms with Crippen LogP contribution in [0.5, 0.6) is 0 Å². The normalized spacial score (nSPS) is 24.0. The monoisotopic (exact) mass is 194 g/mol. The number of piperazine rings is 1. The molecule has 0 unspecified atom stereocenters. The van der Waals surface area contributed by atoms with Crippen molar-refractivity contribution in [1.29, 1.82) is 0 Å². The lowest BCUT2D eigenvalue weighted by molar-refractivity contribution is 0.160. The maximum atomic E-state index is 4.35. The summed E-state index contributed by atoms with van der Waals surface area (Å²) >= 11 is 0. The smallest absolute Gasteiger partial charge is 0.122 e. The van der Waals surface area contributed by atoms with Crippen molar-refractivity contribution in [3.63, 3.8) is 0 Å². The van der Waals surface area contributed by atoms with E-state index in [0.29, 0.717) is 6.04 Å². The van der Waals surface area contributed by atoms with Gasteiger partial charge in [0.1, 0.15) is 5.82 Å². The third-order valence-corrected chi connectivity index (χ3v) is 2.90. The van der Waals surface area contributed by atoms with Crippen LogP contribution in [0.15, 0.2) is 12.4 Å². The van der Waals surface area contributed by atoms with Crippen LogP contribution >= 0.6 is 0 Å². The van der Waals surface area contributed by atoms with Gasteiger partial charge in [0, 0.05) is 45.1 Å². The molecule has 1 saturated heterocycles. The van der Waals surface area contributed by atoms with Crippen LogP contribution in [0.1, 0.15) is 12.7 Å². The maximum Gasteiger partial charge on any atom is 0.122 e. The zero-order valence-electron chi connectivity index (χ0n) is 8.90. The first-order valence-electron chi connectivity index (χ1n) is 5.18. The minimum atomic E-state index is 0.612. The van der Waals surface area contributed by atoms with Crippen LogP contribution in [-0.2, 0) is 13.6 Å². The third kappa shape index (κ3) is 1.96. The van der Waals surface area contributed by atoms with Crippen LogP contribution in [0.4, 0.5) is 0 Å². The molecule has 1 aliphatic heterocycles. The molecule has 1 aliphatic rings. The van der Waals surface area contributed by atoms with Crippen molar-refractivity contribution in [2.75, 3.05) is 19.6 Å². The van der Waals surface area contributed by atoms with Crippen molar-refractivity contribution >= 4 is 0 Å². The summed E-state index contributed by atoms with van der Waals surface area (Å²) in [5, 5.41) is 3.39. The number of aromatic nitrogens is 2. The molecule has 0 spiro atoms. The average Bonchev–Trinajstić information content (AvgIpc) is 2.56. The summed E-state index contributed by atoms with van der Waals surface area (Å²) < 4.78 is 2.09. The highest BCUT2D eigenvalue weighted by atomic mass is 15.2. The molecule has 4 nitrogen and oxygen atoms in total. The molecule has 1 fully saturated rings. The minimum absolute atomic E-state index is 0.612. The molecule has 14 heavy (non-hydrogen) atoms. The van der Waals surface area contributed by atoms with E-state index < -0.39 is 0 Å². The Kier molecular flexibility index (Phi) is 2.84. The summed E-state index contributed by atoms with van der Waals surface area (Å²) in [4.78, 5) is 6.82. The number of hydrogen-bond acceptors (Lipinski definition) is 3. The standard InChI is InChI=1S/C10H18N4/c1-9-7-11-3-6-14(9)8-10-12-4-5-13(10)2/h4-5,9,11H,3,6-8H2,1-2H3/t9-/m0/s1. The number of nitrogens with zero attached hydrogens (tertiary/aromatic N) is 3. The summed E-state index contributed by atoms with van der Waals surface area (Å²) in [6, 6.07) is 0.612. The summed E-state index contributed by atoms with van der Waals surface area (Å²) in [5.74, 6) is 1.15. The molecule has 78 valence electrons. The lowest BCUT2D eigenvalue weighted by atomic mass is 10.2. The highest BCUT2D eigenvalue weighted by Gasteiger charge is 2.18. The van der Waals surface area contributed by atoms with Gasteiger partial charge < -0.3 is 9.88 Å². The Balaban J connectivity index is 1.99. The maximum absolute atomic E-state index is 4.35. The fourth-order valence-electron chi connectivity index (χ4n) is 1.85. The molecular weight excluding hydrogens is 176 g/mol. The second-order valence-corrected chi connectivity index (χ2v) is 3.98. The number of nitrogens with one attached hydrogen (secondary N) is 1. The van der Waals surface area contributed by atoms with Gasteiger partial charge in [-0.1, -0.05) is 0 Å². The minimum Gasteiger partial charge on any atom is -0.337 e. The van der Waals surface area contributed by atoms with Crippen molar-refractivity contribution in [2.45, 2.75) is 19.5 Å². The fraction of sp³-hybridized carbons (Fsp3) is 0.700. The van der Waals surface area contributed by atoms with Crippen LogP contribution < -0.4 is 5.32 Å². The molecule has 0 radical (unpaired) electrons. The van der Waals surface area contributed by atoms with Crippen molar-refractivity contribution in [3.05, 3.63) is 18.2 Å². The van der Waals surface area contributed by atoms with Crippen LogP contribution in [-0.4, -0.2) is 40.1 Å². The van der Waals surface area contributed by atoms with Gasteiger partial charge >= 0.3 is 0 Å². The van der Waals surface area contributed by atoms with E-state index in [2.05, 4.69) is 33.7 Å². The van der Waals surface area contributed by atoms with Crippen molar-refractivity contribution in [1.82, 2.24) is 19.8 Å². The van der Waals surface area contributed by atoms with E-state index in [0.717, 1.165) is 32.0 Å². The van der Waals surface area contributed by atoms with E-state index in [1.807, 2.05) is 12.4 Å². The molecule has 1 aromatic heterocycles. The Morgan fingerprint density at radius 3 is 3.14 bits per heavy atom. The molecule has 0 saturated carbocycles. The first-order chi connectivity index (χ1) is 6.77. The molecule has 0 aromatic carbocycles. The predicted octanol–water partition coefficient (Wildman–Crippen LogP) is 0.214. The molecule has 2 rings (SSSR count). The Bertz CT molecular complexity index is 294. The summed E-state index contributed by atoms with van der Waals surface area (Å²) in [6.07, 6.45) is 3.87. The second-order valence-electron chi connectivity index (χ2n) is 3.98. The fourth-order valence-corrected chi connectivity index (χ4v) is 1.85. The third-order valence-electron chi connectivity index (χ3n) is 2.90. The predicted molar refractivity (Wildman–Crippen MR) is 55.9 cm³/mol. The number of imidazole rings is 1. The van der Waals surface area contributed by atoms with Crippen LogP contribution in [0.2, 0.25) is 0 Å². The van der Waals surface area contributed by atoms with E-state index in [-0.39, 0.29) is 0 Å². The highest BCUT2D eigenvalue weighted by Crippen LogP contribution is 2.07. The van der Waals surface area contributed by atoms with Crippen LogP contribution in [0.3, 0.4) is 0 Å². The zero-order chi connectivity index (χ0) is 9.97. The topological polar surface area (TPSA) is 33.1 Å². The van der Waals surface area contributed by atoms with Gasteiger partial charge in [-0.05, 0) is 6.92 Å². The van der Waals surface area contributed by atoms with Crippen LogP contribution in [0, 0.1) is 0 Å². The van der Waals surface area contributed by atoms with Gasteiger partial charge in [0.05, 0.1) is 6.54 Å². The summed E-state index contributed by atoms with van der Waals surface area (Å²) in [6.45, 7) is 6.52.